The average molecular weight is 508 g/mol. The molecule has 1 aromatic heterocycles. The molecule has 0 aliphatic heterocycles. The van der Waals surface area contributed by atoms with E-state index in [9.17, 15) is 4.79 Å². The molecule has 0 aliphatic rings. The molecule has 1 aromatic rings. The first kappa shape index (κ1) is 26.5. The minimum atomic E-state index is -0.504. The van der Waals surface area contributed by atoms with Crippen molar-refractivity contribution < 1.29 is 9.53 Å². The summed E-state index contributed by atoms with van der Waals surface area (Å²) in [6, 6.07) is 2.02. The Morgan fingerprint density at radius 1 is 1.32 bits per heavy atom. The van der Waals surface area contributed by atoms with Crippen LogP contribution in [0.2, 0.25) is 0 Å². The van der Waals surface area contributed by atoms with E-state index in [4.69, 9.17) is 4.74 Å². The number of guanidine groups is 1. The highest BCUT2D eigenvalue weighted by atomic mass is 127. The Labute approximate surface area is 186 Å². The van der Waals surface area contributed by atoms with Crippen LogP contribution in [0.25, 0.3) is 0 Å². The number of carbonyl (C=O) groups is 1. The van der Waals surface area contributed by atoms with E-state index in [1.54, 1.807) is 6.20 Å². The molecule has 0 aliphatic carbocycles. The van der Waals surface area contributed by atoms with Crippen LogP contribution >= 0.6 is 24.0 Å². The van der Waals surface area contributed by atoms with Gasteiger partial charge in [0.15, 0.2) is 5.96 Å². The van der Waals surface area contributed by atoms with Crippen LogP contribution in [0, 0.1) is 0 Å². The van der Waals surface area contributed by atoms with Gasteiger partial charge in [0.1, 0.15) is 5.60 Å². The van der Waals surface area contributed by atoms with E-state index in [0.29, 0.717) is 13.1 Å². The number of halogens is 1. The number of hydrogen-bond donors (Lipinski definition) is 3. The van der Waals surface area contributed by atoms with Gasteiger partial charge in [-0.05, 0) is 40.2 Å². The molecule has 8 nitrogen and oxygen atoms in total. The lowest BCUT2D eigenvalue weighted by atomic mass is 10.1. The van der Waals surface area contributed by atoms with Crippen LogP contribution in [-0.4, -0.2) is 46.6 Å². The van der Waals surface area contributed by atoms with Gasteiger partial charge in [-0.2, -0.15) is 5.10 Å². The van der Waals surface area contributed by atoms with Crippen LogP contribution < -0.4 is 16.0 Å². The topological polar surface area (TPSA) is 92.6 Å². The quantitative estimate of drug-likeness (QED) is 0.271. The van der Waals surface area contributed by atoms with Gasteiger partial charge in [-0.25, -0.2) is 9.79 Å². The SMILES string of the molecule is CCCCC(CNC(=O)OC(C)(C)C)NC(=NCc1ccnn1C)NCC.I. The lowest BCUT2D eigenvalue weighted by Crippen LogP contribution is -2.49. The van der Waals surface area contributed by atoms with Gasteiger partial charge in [-0.3, -0.25) is 4.68 Å². The number of alkyl carbamates (subject to hydrolysis) is 1. The smallest absolute Gasteiger partial charge is 0.407 e. The van der Waals surface area contributed by atoms with Gasteiger partial charge < -0.3 is 20.7 Å². The number of amides is 1. The van der Waals surface area contributed by atoms with E-state index in [2.05, 4.69) is 33.0 Å². The molecule has 1 heterocycles. The number of unbranched alkanes of at least 4 members (excludes halogenated alkanes) is 1. The van der Waals surface area contributed by atoms with Crippen LogP contribution in [0.3, 0.4) is 0 Å². The highest BCUT2D eigenvalue weighted by Gasteiger charge is 2.18. The van der Waals surface area contributed by atoms with Crippen molar-refractivity contribution in [3.05, 3.63) is 18.0 Å². The third-order valence-electron chi connectivity index (χ3n) is 3.80. The Bertz CT molecular complexity index is 597. The van der Waals surface area contributed by atoms with Crippen molar-refractivity contribution in [2.75, 3.05) is 13.1 Å². The number of ether oxygens (including phenoxy) is 1. The third-order valence-corrected chi connectivity index (χ3v) is 3.80. The van der Waals surface area contributed by atoms with E-state index in [0.717, 1.165) is 37.5 Å². The minimum Gasteiger partial charge on any atom is -0.444 e. The summed E-state index contributed by atoms with van der Waals surface area (Å²) in [5.41, 5.74) is 0.528. The Morgan fingerprint density at radius 2 is 2.04 bits per heavy atom. The van der Waals surface area contributed by atoms with E-state index in [-0.39, 0.29) is 30.0 Å². The Balaban J connectivity index is 0.00000729. The van der Waals surface area contributed by atoms with Gasteiger partial charge in [-0.1, -0.05) is 19.8 Å². The van der Waals surface area contributed by atoms with Crippen molar-refractivity contribution in [1.29, 1.82) is 0 Å². The molecule has 0 bridgehead atoms. The van der Waals surface area contributed by atoms with E-state index < -0.39 is 11.7 Å². The second-order valence-corrected chi connectivity index (χ2v) is 7.51. The largest absolute Gasteiger partial charge is 0.444 e. The molecule has 3 N–H and O–H groups in total. The first-order valence-corrected chi connectivity index (χ1v) is 9.73. The van der Waals surface area contributed by atoms with Gasteiger partial charge in [0, 0.05) is 32.4 Å². The van der Waals surface area contributed by atoms with E-state index >= 15 is 0 Å². The molecule has 1 rings (SSSR count). The zero-order chi connectivity index (χ0) is 20.3. The summed E-state index contributed by atoms with van der Waals surface area (Å²) < 4.78 is 7.13. The van der Waals surface area contributed by atoms with Gasteiger partial charge >= 0.3 is 6.09 Å². The molecule has 0 saturated carbocycles. The highest BCUT2D eigenvalue weighted by Crippen LogP contribution is 2.07. The van der Waals surface area contributed by atoms with Crippen LogP contribution in [0.15, 0.2) is 17.3 Å². The van der Waals surface area contributed by atoms with Crippen LogP contribution in [-0.2, 0) is 18.3 Å². The fraction of sp³-hybridized carbons (Fsp3) is 0.737. The average Bonchev–Trinajstić information content (AvgIpc) is 2.98. The molecular weight excluding hydrogens is 471 g/mol. The van der Waals surface area contributed by atoms with E-state index in [1.165, 1.54) is 0 Å². The highest BCUT2D eigenvalue weighted by molar-refractivity contribution is 14.0. The zero-order valence-electron chi connectivity index (χ0n) is 18.0. The lowest BCUT2D eigenvalue weighted by molar-refractivity contribution is 0.0523. The fourth-order valence-corrected chi connectivity index (χ4v) is 2.43. The summed E-state index contributed by atoms with van der Waals surface area (Å²) in [5, 5.41) is 13.7. The van der Waals surface area contributed by atoms with Gasteiger partial charge in [0.2, 0.25) is 0 Å². The second-order valence-electron chi connectivity index (χ2n) is 7.51. The number of aliphatic imine (C=N–C) groups is 1. The van der Waals surface area contributed by atoms with Crippen molar-refractivity contribution in [2.45, 2.75) is 72.1 Å². The first-order valence-electron chi connectivity index (χ1n) is 9.73. The maximum absolute atomic E-state index is 12.0. The van der Waals surface area contributed by atoms with Crippen LogP contribution in [0.4, 0.5) is 4.79 Å². The lowest BCUT2D eigenvalue weighted by Gasteiger charge is -2.24. The molecule has 0 spiro atoms. The fourth-order valence-electron chi connectivity index (χ4n) is 2.43. The Kier molecular flexibility index (Phi) is 12.9. The van der Waals surface area contributed by atoms with Crippen molar-refractivity contribution in [2.24, 2.45) is 12.0 Å². The standard InChI is InChI=1S/C19H36N6O2.HI/c1-7-9-10-15(13-22-18(26)27-19(3,4)5)24-17(20-8-2)21-14-16-11-12-23-25(16)6;/h11-12,15H,7-10,13-14H2,1-6H3,(H,22,26)(H2,20,21,24);1H. The number of carbonyl (C=O) groups excluding carboxylic acids is 1. The van der Waals surface area contributed by atoms with E-state index in [1.807, 2.05) is 45.5 Å². The molecule has 0 saturated heterocycles. The Hall–Kier alpha value is -1.52. The predicted molar refractivity (Wildman–Crippen MR) is 124 cm³/mol. The van der Waals surface area contributed by atoms with Crippen molar-refractivity contribution in [3.8, 4) is 0 Å². The molecule has 1 atom stereocenters. The molecule has 0 fully saturated rings. The second kappa shape index (κ2) is 13.6. The molecular formula is C19H37IN6O2. The molecule has 162 valence electrons. The van der Waals surface area contributed by atoms with Crippen molar-refractivity contribution in [3.63, 3.8) is 0 Å². The summed E-state index contributed by atoms with van der Waals surface area (Å²) in [7, 11) is 1.90. The minimum absolute atomic E-state index is 0. The predicted octanol–water partition coefficient (Wildman–Crippen LogP) is 3.18. The monoisotopic (exact) mass is 508 g/mol. The van der Waals surface area contributed by atoms with Gasteiger partial charge in [0.25, 0.3) is 0 Å². The molecule has 28 heavy (non-hydrogen) atoms. The molecule has 9 heteroatoms. The maximum atomic E-state index is 12.0. The number of nitrogens with zero attached hydrogens (tertiary/aromatic N) is 3. The Morgan fingerprint density at radius 3 is 2.57 bits per heavy atom. The summed E-state index contributed by atoms with van der Waals surface area (Å²) in [6.45, 7) is 11.5. The first-order chi connectivity index (χ1) is 12.7. The molecule has 1 amide bonds. The normalized spacial score (nSPS) is 12.7. The summed E-state index contributed by atoms with van der Waals surface area (Å²) in [4.78, 5) is 16.6. The summed E-state index contributed by atoms with van der Waals surface area (Å²) >= 11 is 0. The molecule has 0 radical (unpaired) electrons. The zero-order valence-corrected chi connectivity index (χ0v) is 20.4. The number of nitrogens with one attached hydrogen (secondary N) is 3. The van der Waals surface area contributed by atoms with Gasteiger partial charge in [0.05, 0.1) is 12.2 Å². The van der Waals surface area contributed by atoms with Crippen molar-refractivity contribution >= 4 is 36.0 Å². The maximum Gasteiger partial charge on any atom is 0.407 e. The molecule has 1 unspecified atom stereocenters. The van der Waals surface area contributed by atoms with Crippen molar-refractivity contribution in [1.82, 2.24) is 25.7 Å². The summed E-state index contributed by atoms with van der Waals surface area (Å²) in [6.07, 6.45) is 4.45. The van der Waals surface area contributed by atoms with Crippen LogP contribution in [0.5, 0.6) is 0 Å². The van der Waals surface area contributed by atoms with Crippen LogP contribution in [0.1, 0.15) is 59.6 Å². The third kappa shape index (κ3) is 11.4. The number of aromatic nitrogens is 2. The number of rotatable bonds is 9. The number of hydrogen-bond acceptors (Lipinski definition) is 4. The van der Waals surface area contributed by atoms with Gasteiger partial charge in [-0.15, -0.1) is 24.0 Å². The molecule has 0 aromatic carbocycles. The number of aryl methyl sites for hydroxylation is 1. The summed E-state index contributed by atoms with van der Waals surface area (Å²) in [5.74, 6) is 0.728.